The second kappa shape index (κ2) is 9.77. The maximum atomic E-state index is 12.6. The van der Waals surface area contributed by atoms with Gasteiger partial charge < -0.3 is 19.2 Å². The molecule has 0 N–H and O–H groups in total. The number of sulfone groups is 1. The molecule has 1 aliphatic heterocycles. The molecule has 0 aliphatic carbocycles. The SMILES string of the molecule is COc1cccc(/C=N\OCC(=O)N(CC(C)C)[C@H]2CCS(=O)(=O)C2)c1OC. The van der Waals surface area contributed by atoms with Crippen molar-refractivity contribution in [2.24, 2.45) is 11.1 Å². The zero-order chi connectivity index (χ0) is 20.7. The number of nitrogens with zero attached hydrogens (tertiary/aromatic N) is 2. The van der Waals surface area contributed by atoms with Crippen LogP contribution in [-0.4, -0.2) is 70.4 Å². The summed E-state index contributed by atoms with van der Waals surface area (Å²) in [6.45, 7) is 4.19. The minimum atomic E-state index is -3.08. The van der Waals surface area contributed by atoms with Crippen LogP contribution in [0.5, 0.6) is 11.5 Å². The average Bonchev–Trinajstić information content (AvgIpc) is 3.01. The number of oxime groups is 1. The van der Waals surface area contributed by atoms with Gasteiger partial charge >= 0.3 is 0 Å². The fourth-order valence-corrected chi connectivity index (χ4v) is 4.88. The molecule has 156 valence electrons. The van der Waals surface area contributed by atoms with E-state index >= 15 is 0 Å². The van der Waals surface area contributed by atoms with Gasteiger partial charge in [0.25, 0.3) is 5.91 Å². The van der Waals surface area contributed by atoms with E-state index < -0.39 is 9.84 Å². The molecule has 1 aromatic rings. The first-order valence-corrected chi connectivity index (χ1v) is 11.0. The van der Waals surface area contributed by atoms with Gasteiger partial charge in [-0.3, -0.25) is 4.79 Å². The van der Waals surface area contributed by atoms with Crippen LogP contribution in [0.4, 0.5) is 0 Å². The van der Waals surface area contributed by atoms with Gasteiger partial charge in [0.15, 0.2) is 27.9 Å². The fraction of sp³-hybridized carbons (Fsp3) is 0.579. The molecule has 1 heterocycles. The van der Waals surface area contributed by atoms with E-state index in [1.165, 1.54) is 13.3 Å². The molecule has 1 amide bonds. The average molecular weight is 413 g/mol. The number of hydrogen-bond acceptors (Lipinski definition) is 7. The van der Waals surface area contributed by atoms with Gasteiger partial charge in [-0.2, -0.15) is 0 Å². The van der Waals surface area contributed by atoms with Crippen molar-refractivity contribution in [3.8, 4) is 11.5 Å². The van der Waals surface area contributed by atoms with Crippen LogP contribution in [-0.2, 0) is 19.5 Å². The van der Waals surface area contributed by atoms with E-state index in [1.54, 1.807) is 30.2 Å². The summed E-state index contributed by atoms with van der Waals surface area (Å²) < 4.78 is 34.1. The predicted molar refractivity (Wildman–Crippen MR) is 107 cm³/mol. The molecule has 0 radical (unpaired) electrons. The maximum absolute atomic E-state index is 12.6. The molecule has 9 heteroatoms. The first-order valence-electron chi connectivity index (χ1n) is 9.13. The van der Waals surface area contributed by atoms with Crippen LogP contribution in [0.15, 0.2) is 23.4 Å². The van der Waals surface area contributed by atoms with Crippen LogP contribution in [0.25, 0.3) is 0 Å². The molecular weight excluding hydrogens is 384 g/mol. The number of hydrogen-bond donors (Lipinski definition) is 0. The Hall–Kier alpha value is -2.29. The minimum absolute atomic E-state index is 0.00966. The lowest BCUT2D eigenvalue weighted by Crippen LogP contribution is -2.44. The zero-order valence-corrected chi connectivity index (χ0v) is 17.6. The van der Waals surface area contributed by atoms with E-state index in [0.29, 0.717) is 30.0 Å². The second-order valence-electron chi connectivity index (χ2n) is 7.09. The summed E-state index contributed by atoms with van der Waals surface area (Å²) >= 11 is 0. The van der Waals surface area contributed by atoms with E-state index in [1.807, 2.05) is 13.8 Å². The van der Waals surface area contributed by atoms with Crippen LogP contribution < -0.4 is 9.47 Å². The molecular formula is C19H28N2O6S. The van der Waals surface area contributed by atoms with E-state index in [4.69, 9.17) is 14.3 Å². The van der Waals surface area contributed by atoms with Gasteiger partial charge in [0.05, 0.1) is 31.9 Å². The third-order valence-electron chi connectivity index (χ3n) is 4.42. The van der Waals surface area contributed by atoms with E-state index in [-0.39, 0.29) is 36.0 Å². The highest BCUT2D eigenvalue weighted by Gasteiger charge is 2.34. The van der Waals surface area contributed by atoms with Gasteiger partial charge in [-0.15, -0.1) is 0 Å². The number of benzene rings is 1. The number of methoxy groups -OCH3 is 2. The Bertz CT molecular complexity index is 807. The predicted octanol–water partition coefficient (Wildman–Crippen LogP) is 1.73. The number of para-hydroxylation sites is 1. The van der Waals surface area contributed by atoms with Crippen molar-refractivity contribution in [2.45, 2.75) is 26.3 Å². The Labute approximate surface area is 166 Å². The van der Waals surface area contributed by atoms with Gasteiger partial charge in [0, 0.05) is 18.2 Å². The highest BCUT2D eigenvalue weighted by Crippen LogP contribution is 2.29. The Morgan fingerprint density at radius 3 is 2.64 bits per heavy atom. The van der Waals surface area contributed by atoms with Crippen molar-refractivity contribution < 1.29 is 27.5 Å². The molecule has 0 spiro atoms. The summed E-state index contributed by atoms with van der Waals surface area (Å²) in [6.07, 6.45) is 1.91. The normalized spacial score (nSPS) is 18.4. The van der Waals surface area contributed by atoms with Crippen molar-refractivity contribution in [2.75, 3.05) is 38.9 Å². The summed E-state index contributed by atoms with van der Waals surface area (Å²) in [7, 11) is -0.00646. The summed E-state index contributed by atoms with van der Waals surface area (Å²) in [5, 5.41) is 3.86. The minimum Gasteiger partial charge on any atom is -0.493 e. The lowest BCUT2D eigenvalue weighted by molar-refractivity contribution is -0.138. The summed E-state index contributed by atoms with van der Waals surface area (Å²) in [4.78, 5) is 19.4. The molecule has 1 atom stereocenters. The van der Waals surface area contributed by atoms with E-state index in [0.717, 1.165) is 0 Å². The second-order valence-corrected chi connectivity index (χ2v) is 9.32. The number of carbonyl (C=O) groups excluding carboxylic acids is 1. The molecule has 1 saturated heterocycles. The smallest absolute Gasteiger partial charge is 0.263 e. The van der Waals surface area contributed by atoms with Gasteiger partial charge in [-0.05, 0) is 24.5 Å². The first-order chi connectivity index (χ1) is 13.3. The summed E-state index contributed by atoms with van der Waals surface area (Å²) in [6, 6.07) is 5.04. The van der Waals surface area contributed by atoms with Gasteiger partial charge in [0.1, 0.15) is 0 Å². The molecule has 0 bridgehead atoms. The Morgan fingerprint density at radius 1 is 1.32 bits per heavy atom. The van der Waals surface area contributed by atoms with Crippen LogP contribution in [0, 0.1) is 5.92 Å². The Morgan fingerprint density at radius 2 is 2.07 bits per heavy atom. The van der Waals surface area contributed by atoms with Crippen LogP contribution in [0.2, 0.25) is 0 Å². The molecule has 0 saturated carbocycles. The monoisotopic (exact) mass is 412 g/mol. The van der Waals surface area contributed by atoms with Gasteiger partial charge in [-0.25, -0.2) is 8.42 Å². The molecule has 2 rings (SSSR count). The van der Waals surface area contributed by atoms with Crippen LogP contribution >= 0.6 is 0 Å². The number of amides is 1. The molecule has 1 aromatic carbocycles. The maximum Gasteiger partial charge on any atom is 0.263 e. The van der Waals surface area contributed by atoms with Crippen LogP contribution in [0.1, 0.15) is 25.8 Å². The van der Waals surface area contributed by atoms with Crippen molar-refractivity contribution >= 4 is 22.0 Å². The molecule has 0 unspecified atom stereocenters. The van der Waals surface area contributed by atoms with Crippen molar-refractivity contribution in [1.29, 1.82) is 0 Å². The largest absolute Gasteiger partial charge is 0.493 e. The molecule has 0 aromatic heterocycles. The molecule has 28 heavy (non-hydrogen) atoms. The summed E-state index contributed by atoms with van der Waals surface area (Å²) in [5.74, 6) is 1.15. The standard InChI is InChI=1S/C19H28N2O6S/c1-14(2)11-21(16-8-9-28(23,24)13-16)18(22)12-27-20-10-15-6-5-7-17(25-3)19(15)26-4/h5-7,10,14,16H,8-9,11-13H2,1-4H3/b20-10-/t16-/m0/s1. The number of rotatable bonds is 9. The first kappa shape index (κ1) is 22.0. The van der Waals surface area contributed by atoms with E-state index in [2.05, 4.69) is 5.16 Å². The van der Waals surface area contributed by atoms with E-state index in [9.17, 15) is 13.2 Å². The number of ether oxygens (including phenoxy) is 2. The molecule has 8 nitrogen and oxygen atoms in total. The van der Waals surface area contributed by atoms with Crippen LogP contribution in [0.3, 0.4) is 0 Å². The Balaban J connectivity index is 2.00. The fourth-order valence-electron chi connectivity index (χ4n) is 3.15. The topological polar surface area (TPSA) is 94.5 Å². The van der Waals surface area contributed by atoms with Gasteiger partial charge in [-0.1, -0.05) is 25.1 Å². The summed E-state index contributed by atoms with van der Waals surface area (Å²) in [5.41, 5.74) is 0.648. The van der Waals surface area contributed by atoms with Crippen molar-refractivity contribution in [3.05, 3.63) is 23.8 Å². The molecule has 1 aliphatic rings. The van der Waals surface area contributed by atoms with Crippen molar-refractivity contribution in [3.63, 3.8) is 0 Å². The third-order valence-corrected chi connectivity index (χ3v) is 6.17. The quantitative estimate of drug-likeness (QED) is 0.453. The van der Waals surface area contributed by atoms with Crippen molar-refractivity contribution in [1.82, 2.24) is 4.90 Å². The Kier molecular flexibility index (Phi) is 7.68. The number of carbonyl (C=O) groups is 1. The lowest BCUT2D eigenvalue weighted by atomic mass is 10.1. The highest BCUT2D eigenvalue weighted by molar-refractivity contribution is 7.91. The third kappa shape index (κ3) is 5.85. The zero-order valence-electron chi connectivity index (χ0n) is 16.8. The molecule has 1 fully saturated rings. The lowest BCUT2D eigenvalue weighted by Gasteiger charge is -2.29. The highest BCUT2D eigenvalue weighted by atomic mass is 32.2. The van der Waals surface area contributed by atoms with Gasteiger partial charge in [0.2, 0.25) is 0 Å².